The fraction of sp³-hybridized carbons (Fsp3) is 0.130. The number of hydrogen-bond donors (Lipinski definition) is 1. The van der Waals surface area contributed by atoms with Gasteiger partial charge in [0.1, 0.15) is 22.7 Å². The van der Waals surface area contributed by atoms with E-state index in [1.807, 2.05) is 0 Å². The zero-order chi connectivity index (χ0) is 24.2. The van der Waals surface area contributed by atoms with E-state index in [0.29, 0.717) is 0 Å². The first kappa shape index (κ1) is 24.4. The molecule has 0 saturated carbocycles. The lowest BCUT2D eigenvalue weighted by molar-refractivity contribution is -0.137. The molecule has 0 amide bonds. The molecule has 0 aromatic heterocycles. The van der Waals surface area contributed by atoms with Crippen molar-refractivity contribution >= 4 is 41.1 Å². The zero-order valence-corrected chi connectivity index (χ0v) is 18.5. The summed E-state index contributed by atoms with van der Waals surface area (Å²) in [5, 5.41) is 10.2. The summed E-state index contributed by atoms with van der Waals surface area (Å²) in [6, 6.07) is 11.5. The number of aliphatic imine (C=N–C) groups is 1. The van der Waals surface area contributed by atoms with E-state index in [4.69, 9.17) is 32.7 Å². The maximum absolute atomic E-state index is 13.3. The minimum Gasteiger partial charge on any atom is -0.506 e. The molecule has 0 unspecified atom stereocenters. The van der Waals surface area contributed by atoms with Gasteiger partial charge in [0.15, 0.2) is 5.75 Å². The van der Waals surface area contributed by atoms with Gasteiger partial charge >= 0.3 is 12.1 Å². The number of phenols is 1. The Labute approximate surface area is 197 Å². The highest BCUT2D eigenvalue weighted by Crippen LogP contribution is 2.39. The van der Waals surface area contributed by atoms with Crippen LogP contribution in [-0.2, 0) is 10.9 Å². The van der Waals surface area contributed by atoms with Crippen LogP contribution in [0, 0.1) is 0 Å². The lowest BCUT2D eigenvalue weighted by Gasteiger charge is -2.14. The van der Waals surface area contributed by atoms with Gasteiger partial charge < -0.3 is 14.6 Å². The molecule has 0 aliphatic rings. The van der Waals surface area contributed by atoms with E-state index in [2.05, 4.69) is 4.99 Å². The summed E-state index contributed by atoms with van der Waals surface area (Å²) in [5.74, 6) is -0.986. The standard InChI is InChI=1S/C23H16Cl2F3NO4/c1-2-32-22(31)16-5-3-4-6-19(16)33-20-8-7-14(23(26,27)28)10-18(20)29-12-13-9-15(24)11-17(25)21(13)30/h3-12,30H,2H2,1H3. The van der Waals surface area contributed by atoms with Crippen LogP contribution in [0.1, 0.15) is 28.4 Å². The monoisotopic (exact) mass is 497 g/mol. The Morgan fingerprint density at radius 2 is 1.82 bits per heavy atom. The number of carbonyl (C=O) groups is 1. The highest BCUT2D eigenvalue weighted by Gasteiger charge is 2.31. The van der Waals surface area contributed by atoms with Crippen molar-refractivity contribution < 1.29 is 32.5 Å². The molecule has 0 heterocycles. The van der Waals surface area contributed by atoms with Gasteiger partial charge in [-0.25, -0.2) is 4.79 Å². The largest absolute Gasteiger partial charge is 0.506 e. The van der Waals surface area contributed by atoms with Crippen LogP contribution in [0.2, 0.25) is 10.0 Å². The van der Waals surface area contributed by atoms with E-state index in [-0.39, 0.29) is 50.7 Å². The van der Waals surface area contributed by atoms with Gasteiger partial charge in [-0.1, -0.05) is 35.3 Å². The smallest absolute Gasteiger partial charge is 0.416 e. The van der Waals surface area contributed by atoms with E-state index in [1.165, 1.54) is 24.3 Å². The molecule has 10 heteroatoms. The summed E-state index contributed by atoms with van der Waals surface area (Å²) in [4.78, 5) is 16.3. The van der Waals surface area contributed by atoms with E-state index < -0.39 is 17.7 Å². The van der Waals surface area contributed by atoms with Crippen molar-refractivity contribution in [2.75, 3.05) is 6.61 Å². The van der Waals surface area contributed by atoms with Crippen LogP contribution in [0.15, 0.2) is 59.6 Å². The summed E-state index contributed by atoms with van der Waals surface area (Å²) in [5.41, 5.74) is -0.996. The Kier molecular flexibility index (Phi) is 7.50. The van der Waals surface area contributed by atoms with E-state index >= 15 is 0 Å². The first-order valence-corrected chi connectivity index (χ1v) is 10.2. The van der Waals surface area contributed by atoms with Crippen LogP contribution in [0.3, 0.4) is 0 Å². The topological polar surface area (TPSA) is 68.1 Å². The van der Waals surface area contributed by atoms with Crippen molar-refractivity contribution in [2.45, 2.75) is 13.1 Å². The molecule has 3 rings (SSSR count). The maximum atomic E-state index is 13.3. The molecule has 0 atom stereocenters. The van der Waals surface area contributed by atoms with E-state index in [0.717, 1.165) is 24.4 Å². The molecule has 0 fully saturated rings. The second-order valence-electron chi connectivity index (χ2n) is 6.58. The second-order valence-corrected chi connectivity index (χ2v) is 7.43. The van der Waals surface area contributed by atoms with Crippen molar-refractivity contribution in [2.24, 2.45) is 4.99 Å². The number of hydrogen-bond acceptors (Lipinski definition) is 5. The first-order chi connectivity index (χ1) is 15.6. The number of phenolic OH excluding ortho intramolecular Hbond substituents is 1. The Balaban J connectivity index is 2.06. The van der Waals surface area contributed by atoms with Crippen molar-refractivity contribution in [3.05, 3.63) is 81.3 Å². The van der Waals surface area contributed by atoms with Crippen molar-refractivity contribution in [3.8, 4) is 17.2 Å². The number of halogens is 5. The van der Waals surface area contributed by atoms with Gasteiger partial charge in [-0.3, -0.25) is 4.99 Å². The van der Waals surface area contributed by atoms with Gasteiger partial charge in [-0.05, 0) is 49.4 Å². The van der Waals surface area contributed by atoms with Gasteiger partial charge in [-0.2, -0.15) is 13.2 Å². The number of para-hydroxylation sites is 1. The van der Waals surface area contributed by atoms with Crippen LogP contribution in [0.4, 0.5) is 18.9 Å². The number of nitrogens with zero attached hydrogens (tertiary/aromatic N) is 1. The van der Waals surface area contributed by atoms with Crippen LogP contribution >= 0.6 is 23.2 Å². The minimum atomic E-state index is -4.63. The van der Waals surface area contributed by atoms with Crippen molar-refractivity contribution in [1.29, 1.82) is 0 Å². The predicted molar refractivity (Wildman–Crippen MR) is 119 cm³/mol. The summed E-state index contributed by atoms with van der Waals surface area (Å²) < 4.78 is 50.6. The number of alkyl halides is 3. The highest BCUT2D eigenvalue weighted by atomic mass is 35.5. The Morgan fingerprint density at radius 1 is 1.09 bits per heavy atom. The molecule has 0 radical (unpaired) electrons. The average molecular weight is 498 g/mol. The number of esters is 1. The minimum absolute atomic E-state index is 0.0483. The molecule has 0 saturated heterocycles. The molecule has 0 aliphatic carbocycles. The molecule has 1 N–H and O–H groups in total. The number of ether oxygens (including phenoxy) is 2. The summed E-state index contributed by atoms with van der Waals surface area (Å²) >= 11 is 11.8. The molecule has 3 aromatic carbocycles. The fourth-order valence-electron chi connectivity index (χ4n) is 2.76. The van der Waals surface area contributed by atoms with E-state index in [1.54, 1.807) is 19.1 Å². The summed E-state index contributed by atoms with van der Waals surface area (Å²) in [6.45, 7) is 1.77. The average Bonchev–Trinajstić information content (AvgIpc) is 2.75. The third-order valence-corrected chi connectivity index (χ3v) is 4.80. The highest BCUT2D eigenvalue weighted by molar-refractivity contribution is 6.36. The SMILES string of the molecule is CCOC(=O)c1ccccc1Oc1ccc(C(F)(F)F)cc1N=Cc1cc(Cl)cc(Cl)c1O. The van der Waals surface area contributed by atoms with Crippen LogP contribution in [0.25, 0.3) is 0 Å². The van der Waals surface area contributed by atoms with Gasteiger partial charge in [0.2, 0.25) is 0 Å². The third kappa shape index (κ3) is 5.97. The van der Waals surface area contributed by atoms with Crippen LogP contribution in [-0.4, -0.2) is 23.9 Å². The molecular weight excluding hydrogens is 482 g/mol. The predicted octanol–water partition coefficient (Wildman–Crippen LogP) is 7.44. The van der Waals surface area contributed by atoms with Crippen LogP contribution in [0.5, 0.6) is 17.2 Å². The van der Waals surface area contributed by atoms with Crippen LogP contribution < -0.4 is 4.74 Å². The van der Waals surface area contributed by atoms with Gasteiger partial charge in [-0.15, -0.1) is 0 Å². The zero-order valence-electron chi connectivity index (χ0n) is 17.0. The van der Waals surface area contributed by atoms with Gasteiger partial charge in [0.05, 0.1) is 17.2 Å². The molecule has 0 aliphatic heterocycles. The number of aromatic hydroxyl groups is 1. The Bertz CT molecular complexity index is 1210. The Morgan fingerprint density at radius 3 is 2.52 bits per heavy atom. The molecular formula is C23H16Cl2F3NO4. The fourth-order valence-corrected chi connectivity index (χ4v) is 3.27. The van der Waals surface area contributed by atoms with Crippen molar-refractivity contribution in [1.82, 2.24) is 0 Å². The van der Waals surface area contributed by atoms with Gasteiger partial charge in [0.25, 0.3) is 0 Å². The van der Waals surface area contributed by atoms with Gasteiger partial charge in [0, 0.05) is 16.8 Å². The van der Waals surface area contributed by atoms with E-state index in [9.17, 15) is 23.1 Å². The maximum Gasteiger partial charge on any atom is 0.416 e. The summed E-state index contributed by atoms with van der Waals surface area (Å²) in [6.07, 6.45) is -3.53. The normalized spacial score (nSPS) is 11.6. The summed E-state index contributed by atoms with van der Waals surface area (Å²) in [7, 11) is 0. The molecule has 0 bridgehead atoms. The first-order valence-electron chi connectivity index (χ1n) is 9.47. The molecule has 3 aromatic rings. The number of benzene rings is 3. The molecule has 33 heavy (non-hydrogen) atoms. The van der Waals surface area contributed by atoms with Crippen molar-refractivity contribution in [3.63, 3.8) is 0 Å². The molecule has 0 spiro atoms. The third-order valence-electron chi connectivity index (χ3n) is 4.29. The molecule has 5 nitrogen and oxygen atoms in total. The second kappa shape index (κ2) is 10.1. The number of rotatable bonds is 6. The number of carbonyl (C=O) groups excluding carboxylic acids is 1. The lowest BCUT2D eigenvalue weighted by atomic mass is 10.1. The molecule has 172 valence electrons. The Hall–Kier alpha value is -3.23. The lowest BCUT2D eigenvalue weighted by Crippen LogP contribution is -2.07. The quantitative estimate of drug-likeness (QED) is 0.283.